The van der Waals surface area contributed by atoms with Crippen LogP contribution < -0.4 is 0 Å². The first kappa shape index (κ1) is 22.4. The average Bonchev–Trinajstić information content (AvgIpc) is 3.72. The van der Waals surface area contributed by atoms with Crippen molar-refractivity contribution in [3.63, 3.8) is 0 Å². The molecule has 8 aromatic rings. The molecule has 0 aliphatic heterocycles. The fourth-order valence-corrected chi connectivity index (χ4v) is 6.88. The van der Waals surface area contributed by atoms with Gasteiger partial charge < -0.3 is 4.57 Å². The fourth-order valence-electron chi connectivity index (χ4n) is 6.88. The summed E-state index contributed by atoms with van der Waals surface area (Å²) in [7, 11) is 0. The van der Waals surface area contributed by atoms with Crippen LogP contribution >= 0.6 is 0 Å². The van der Waals surface area contributed by atoms with E-state index in [-0.39, 0.29) is 0 Å². The van der Waals surface area contributed by atoms with Gasteiger partial charge in [0.1, 0.15) is 5.82 Å². The minimum absolute atomic E-state index is 0.876. The Morgan fingerprint density at radius 1 is 0.537 bits per heavy atom. The highest BCUT2D eigenvalue weighted by Crippen LogP contribution is 2.50. The van der Waals surface area contributed by atoms with E-state index in [9.17, 15) is 0 Å². The van der Waals surface area contributed by atoms with Gasteiger partial charge in [0.25, 0.3) is 0 Å². The molecule has 0 spiro atoms. The van der Waals surface area contributed by atoms with E-state index in [4.69, 9.17) is 4.98 Å². The summed E-state index contributed by atoms with van der Waals surface area (Å²) in [4.78, 5) is 5.53. The minimum atomic E-state index is 0.876. The maximum atomic E-state index is 5.53. The summed E-state index contributed by atoms with van der Waals surface area (Å²) >= 11 is 0. The summed E-state index contributed by atoms with van der Waals surface area (Å²) in [6.07, 6.45) is 0.876. The second kappa shape index (κ2) is 8.54. The Hall–Kier alpha value is -5.41. The van der Waals surface area contributed by atoms with Crippen molar-refractivity contribution in [2.45, 2.75) is 6.42 Å². The number of rotatable bonds is 3. The van der Waals surface area contributed by atoms with Gasteiger partial charge in [0.15, 0.2) is 0 Å². The Labute approximate surface area is 237 Å². The van der Waals surface area contributed by atoms with Crippen LogP contribution in [0, 0.1) is 0 Å². The Bertz CT molecular complexity index is 2260. The van der Waals surface area contributed by atoms with Crippen molar-refractivity contribution in [3.8, 4) is 33.9 Å². The van der Waals surface area contributed by atoms with Gasteiger partial charge in [-0.15, -0.1) is 0 Å². The Kier molecular flexibility index (Phi) is 4.67. The molecule has 1 aliphatic carbocycles. The van der Waals surface area contributed by atoms with E-state index in [0.29, 0.717) is 0 Å². The van der Waals surface area contributed by atoms with E-state index in [2.05, 4.69) is 149 Å². The molecule has 3 nitrogen and oxygen atoms in total. The quantitative estimate of drug-likeness (QED) is 0.226. The molecule has 0 N–H and O–H groups in total. The summed E-state index contributed by atoms with van der Waals surface area (Å²) in [6, 6.07) is 49.8. The van der Waals surface area contributed by atoms with Gasteiger partial charge in [-0.3, -0.25) is 4.57 Å². The van der Waals surface area contributed by atoms with Gasteiger partial charge in [-0.2, -0.15) is 0 Å². The number of para-hydroxylation sites is 3. The number of hydrogen-bond acceptors (Lipinski definition) is 1. The molecule has 192 valence electrons. The van der Waals surface area contributed by atoms with Crippen LogP contribution in [0.5, 0.6) is 0 Å². The third-order valence-corrected chi connectivity index (χ3v) is 8.53. The summed E-state index contributed by atoms with van der Waals surface area (Å²) in [6.45, 7) is 0. The van der Waals surface area contributed by atoms with Crippen LogP contribution in [0.15, 0.2) is 140 Å². The number of imidazole rings is 1. The maximum Gasteiger partial charge on any atom is 0.145 e. The highest BCUT2D eigenvalue weighted by atomic mass is 15.1. The molecule has 2 heterocycles. The molecule has 0 saturated heterocycles. The molecule has 0 bridgehead atoms. The second-order valence-electron chi connectivity index (χ2n) is 10.8. The van der Waals surface area contributed by atoms with Crippen molar-refractivity contribution in [2.24, 2.45) is 0 Å². The molecule has 9 rings (SSSR count). The van der Waals surface area contributed by atoms with Crippen molar-refractivity contribution in [3.05, 3.63) is 151 Å². The molecular formula is C38H25N3. The first-order valence-corrected chi connectivity index (χ1v) is 14.1. The van der Waals surface area contributed by atoms with E-state index in [0.717, 1.165) is 34.7 Å². The molecule has 0 fully saturated rings. The number of hydrogen-bond donors (Lipinski definition) is 0. The van der Waals surface area contributed by atoms with Crippen molar-refractivity contribution in [2.75, 3.05) is 0 Å². The van der Waals surface area contributed by atoms with E-state index in [1.807, 2.05) is 0 Å². The highest BCUT2D eigenvalue weighted by Gasteiger charge is 2.32. The molecule has 2 aromatic heterocycles. The number of fused-ring (bicyclic) bond motifs is 10. The lowest BCUT2D eigenvalue weighted by Gasteiger charge is -2.15. The fraction of sp³-hybridized carbons (Fsp3) is 0.0263. The minimum Gasteiger partial charge on any atom is -0.309 e. The van der Waals surface area contributed by atoms with Gasteiger partial charge in [-0.05, 0) is 47.0 Å². The second-order valence-corrected chi connectivity index (χ2v) is 10.8. The maximum absolute atomic E-state index is 5.53. The molecule has 0 amide bonds. The highest BCUT2D eigenvalue weighted by molar-refractivity contribution is 6.26. The number of aromatic nitrogens is 3. The third-order valence-electron chi connectivity index (χ3n) is 8.53. The molecule has 3 heteroatoms. The van der Waals surface area contributed by atoms with Crippen molar-refractivity contribution < 1.29 is 0 Å². The average molecular weight is 524 g/mol. The molecule has 0 atom stereocenters. The van der Waals surface area contributed by atoms with Crippen LogP contribution in [-0.4, -0.2) is 14.1 Å². The topological polar surface area (TPSA) is 22.8 Å². The summed E-state index contributed by atoms with van der Waals surface area (Å²) in [5.74, 6) is 0.967. The first-order valence-electron chi connectivity index (χ1n) is 14.1. The van der Waals surface area contributed by atoms with Crippen LogP contribution in [0.3, 0.4) is 0 Å². The molecule has 0 saturated carbocycles. The van der Waals surface area contributed by atoms with E-state index in [1.54, 1.807) is 0 Å². The van der Waals surface area contributed by atoms with E-state index >= 15 is 0 Å². The van der Waals surface area contributed by atoms with Crippen LogP contribution in [0.2, 0.25) is 0 Å². The molecule has 41 heavy (non-hydrogen) atoms. The van der Waals surface area contributed by atoms with Gasteiger partial charge in [-0.1, -0.05) is 109 Å². The van der Waals surface area contributed by atoms with Gasteiger partial charge in [-0.25, -0.2) is 4.98 Å². The predicted molar refractivity (Wildman–Crippen MR) is 169 cm³/mol. The largest absolute Gasteiger partial charge is 0.309 e. The monoisotopic (exact) mass is 523 g/mol. The van der Waals surface area contributed by atoms with E-state index in [1.165, 1.54) is 49.6 Å². The van der Waals surface area contributed by atoms with Gasteiger partial charge in [0.2, 0.25) is 0 Å². The smallest absolute Gasteiger partial charge is 0.145 e. The number of nitrogens with zero attached hydrogens (tertiary/aromatic N) is 3. The normalized spacial score (nSPS) is 12.3. The summed E-state index contributed by atoms with van der Waals surface area (Å²) < 4.78 is 4.85. The molecule has 0 unspecified atom stereocenters. The van der Waals surface area contributed by atoms with Gasteiger partial charge in [0, 0.05) is 39.7 Å². The molecule has 0 radical (unpaired) electrons. The zero-order valence-electron chi connectivity index (χ0n) is 22.3. The zero-order chi connectivity index (χ0) is 26.9. The Morgan fingerprint density at radius 3 is 1.90 bits per heavy atom. The summed E-state index contributed by atoms with van der Waals surface area (Å²) in [5, 5.41) is 2.43. The van der Waals surface area contributed by atoms with Crippen LogP contribution in [-0.2, 0) is 6.42 Å². The SMILES string of the molecule is c1ccc(-c2nc3c4c5ccccc5n(-c5ccccc5)c4c4c(c3n2-c2ccccc2)Cc2ccccc2-4)cc1. The van der Waals surface area contributed by atoms with Crippen molar-refractivity contribution in [1.29, 1.82) is 0 Å². The lowest BCUT2D eigenvalue weighted by atomic mass is 9.99. The third kappa shape index (κ3) is 3.12. The Balaban J connectivity index is 1.57. The Morgan fingerprint density at radius 2 is 1.15 bits per heavy atom. The lowest BCUT2D eigenvalue weighted by Crippen LogP contribution is -2.00. The molecule has 1 aliphatic rings. The zero-order valence-corrected chi connectivity index (χ0v) is 22.3. The summed E-state index contributed by atoms with van der Waals surface area (Å²) in [5.41, 5.74) is 13.4. The van der Waals surface area contributed by atoms with Gasteiger partial charge in [0.05, 0.1) is 22.1 Å². The van der Waals surface area contributed by atoms with Crippen LogP contribution in [0.1, 0.15) is 11.1 Å². The van der Waals surface area contributed by atoms with Crippen LogP contribution in [0.4, 0.5) is 0 Å². The van der Waals surface area contributed by atoms with Gasteiger partial charge >= 0.3 is 0 Å². The predicted octanol–water partition coefficient (Wildman–Crippen LogP) is 9.36. The lowest BCUT2D eigenvalue weighted by molar-refractivity contribution is 1.09. The van der Waals surface area contributed by atoms with Crippen molar-refractivity contribution >= 4 is 32.8 Å². The van der Waals surface area contributed by atoms with Crippen LogP contribution in [0.25, 0.3) is 66.7 Å². The molecule has 6 aromatic carbocycles. The standard InChI is InChI=1S/C38H25N3/c1-4-14-25(15-5-1)38-39-35-34-30-22-12-13-23-32(30)40(27-17-6-2-7-18-27)37(34)33-29-21-11-10-16-26(29)24-31(33)36(35)41(38)28-19-8-3-9-20-28/h1-23H,24H2. The van der Waals surface area contributed by atoms with Crippen molar-refractivity contribution in [1.82, 2.24) is 14.1 Å². The number of benzene rings is 6. The van der Waals surface area contributed by atoms with E-state index < -0.39 is 0 Å². The first-order chi connectivity index (χ1) is 20.4. The molecular weight excluding hydrogens is 498 g/mol.